The first-order valence-corrected chi connectivity index (χ1v) is 13.5. The molecule has 0 unspecified atom stereocenters. The van der Waals surface area contributed by atoms with E-state index in [1.54, 1.807) is 11.0 Å². The van der Waals surface area contributed by atoms with Crippen molar-refractivity contribution in [3.63, 3.8) is 0 Å². The van der Waals surface area contributed by atoms with Crippen LogP contribution in [0.15, 0.2) is 54.6 Å². The van der Waals surface area contributed by atoms with Gasteiger partial charge in [-0.1, -0.05) is 62.7 Å². The minimum Gasteiger partial charge on any atom is -0.342 e. The molecule has 2 aromatic rings. The lowest BCUT2D eigenvalue weighted by Gasteiger charge is -2.52. The van der Waals surface area contributed by atoms with Gasteiger partial charge in [0.2, 0.25) is 11.8 Å². The van der Waals surface area contributed by atoms with Gasteiger partial charge in [-0.25, -0.2) is 4.39 Å². The van der Waals surface area contributed by atoms with E-state index in [9.17, 15) is 14.0 Å². The topological polar surface area (TPSA) is 52.7 Å². The first-order valence-electron chi connectivity index (χ1n) is 13.5. The maximum atomic E-state index is 13.9. The third kappa shape index (κ3) is 6.33. The Morgan fingerprint density at radius 3 is 2.39 bits per heavy atom. The van der Waals surface area contributed by atoms with E-state index in [0.717, 1.165) is 38.0 Å². The Hall–Kier alpha value is -2.73. The summed E-state index contributed by atoms with van der Waals surface area (Å²) in [6, 6.07) is 16.5. The summed E-state index contributed by atoms with van der Waals surface area (Å²) in [6.07, 6.45) is 6.43. The molecular formula is C30H40FN3O2. The monoisotopic (exact) mass is 493 g/mol. The van der Waals surface area contributed by atoms with E-state index in [4.69, 9.17) is 0 Å². The molecule has 1 atom stereocenters. The lowest BCUT2D eigenvalue weighted by atomic mass is 9.80. The number of amides is 2. The number of likely N-dealkylation sites (tertiary alicyclic amines) is 1. The number of halogens is 1. The van der Waals surface area contributed by atoms with E-state index in [1.807, 2.05) is 6.07 Å². The molecule has 5 nitrogen and oxygen atoms in total. The van der Waals surface area contributed by atoms with Crippen LogP contribution in [0, 0.1) is 11.7 Å². The van der Waals surface area contributed by atoms with Crippen LogP contribution in [0.4, 0.5) is 4.39 Å². The summed E-state index contributed by atoms with van der Waals surface area (Å²) < 4.78 is 13.9. The number of aryl methyl sites for hydroxylation is 1. The Morgan fingerprint density at radius 1 is 0.972 bits per heavy atom. The molecule has 2 aromatic carbocycles. The fourth-order valence-electron chi connectivity index (χ4n) is 5.68. The number of piperazine rings is 1. The second kappa shape index (κ2) is 12.0. The maximum absolute atomic E-state index is 13.9. The van der Waals surface area contributed by atoms with Gasteiger partial charge in [0.1, 0.15) is 17.4 Å². The summed E-state index contributed by atoms with van der Waals surface area (Å²) >= 11 is 0. The first kappa shape index (κ1) is 26.3. The molecule has 0 bridgehead atoms. The zero-order valence-corrected chi connectivity index (χ0v) is 21.7. The number of hydrogen-bond donors (Lipinski definition) is 1. The fourth-order valence-corrected chi connectivity index (χ4v) is 5.68. The molecular weight excluding hydrogens is 453 g/mol. The van der Waals surface area contributed by atoms with Gasteiger partial charge in [-0.05, 0) is 74.2 Å². The van der Waals surface area contributed by atoms with Crippen LogP contribution in [0.1, 0.15) is 63.5 Å². The van der Waals surface area contributed by atoms with Gasteiger partial charge >= 0.3 is 0 Å². The second-order valence-electron chi connectivity index (χ2n) is 10.9. The van der Waals surface area contributed by atoms with E-state index >= 15 is 0 Å². The van der Waals surface area contributed by atoms with Crippen LogP contribution in [-0.2, 0) is 22.6 Å². The van der Waals surface area contributed by atoms with E-state index in [0.29, 0.717) is 19.3 Å². The number of rotatable bonds is 10. The number of hydrogen-bond acceptors (Lipinski definition) is 3. The standard InChI is InChI=1S/C30H40FN3O2/c1-23(2)20-27-28(35)34(22-25-13-9-14-26(31)21-25)30(29(36)32-27)15-18-33(19-16-30)17-8-4-7-12-24-10-5-3-6-11-24/h3,5-6,9-11,13-14,21,23,27H,4,7-8,12,15-20,22H2,1-2H3,(H,32,36)/t27-/m0/s1. The first-order chi connectivity index (χ1) is 17.4. The minimum atomic E-state index is -0.860. The van der Waals surface area contributed by atoms with Crippen molar-refractivity contribution in [1.82, 2.24) is 15.1 Å². The highest BCUT2D eigenvalue weighted by molar-refractivity contribution is 6.00. The van der Waals surface area contributed by atoms with Crippen LogP contribution >= 0.6 is 0 Å². The van der Waals surface area contributed by atoms with E-state index in [2.05, 4.69) is 54.4 Å². The van der Waals surface area contributed by atoms with Crippen molar-refractivity contribution in [2.24, 2.45) is 5.92 Å². The summed E-state index contributed by atoms with van der Waals surface area (Å²) in [5.41, 5.74) is 1.25. The molecule has 2 saturated heterocycles. The van der Waals surface area contributed by atoms with Crippen molar-refractivity contribution in [2.45, 2.75) is 76.9 Å². The van der Waals surface area contributed by atoms with Gasteiger partial charge < -0.3 is 15.1 Å². The van der Waals surface area contributed by atoms with Crippen LogP contribution in [-0.4, -0.2) is 52.8 Å². The van der Waals surface area contributed by atoms with Crippen LogP contribution in [0.2, 0.25) is 0 Å². The van der Waals surface area contributed by atoms with Gasteiger partial charge in [-0.2, -0.15) is 0 Å². The number of carbonyl (C=O) groups is 2. The Balaban J connectivity index is 1.37. The third-order valence-corrected chi connectivity index (χ3v) is 7.71. The molecule has 6 heteroatoms. The Morgan fingerprint density at radius 2 is 1.69 bits per heavy atom. The molecule has 2 heterocycles. The minimum absolute atomic E-state index is 0.0399. The summed E-state index contributed by atoms with van der Waals surface area (Å²) in [5, 5.41) is 3.05. The van der Waals surface area contributed by atoms with Crippen LogP contribution in [0.25, 0.3) is 0 Å². The maximum Gasteiger partial charge on any atom is 0.246 e. The van der Waals surface area contributed by atoms with E-state index in [-0.39, 0.29) is 30.1 Å². The molecule has 2 aliphatic heterocycles. The highest BCUT2D eigenvalue weighted by atomic mass is 19.1. The largest absolute Gasteiger partial charge is 0.342 e. The van der Waals surface area contributed by atoms with E-state index < -0.39 is 11.6 Å². The van der Waals surface area contributed by atoms with Crippen molar-refractivity contribution >= 4 is 11.8 Å². The highest BCUT2D eigenvalue weighted by Crippen LogP contribution is 2.35. The number of nitrogens with one attached hydrogen (secondary N) is 1. The summed E-state index contributed by atoms with van der Waals surface area (Å²) in [7, 11) is 0. The molecule has 2 aliphatic rings. The van der Waals surface area contributed by atoms with Crippen LogP contribution in [0.5, 0.6) is 0 Å². The van der Waals surface area contributed by atoms with Gasteiger partial charge in [-0.15, -0.1) is 0 Å². The van der Waals surface area contributed by atoms with Gasteiger partial charge in [0, 0.05) is 19.6 Å². The molecule has 0 aromatic heterocycles. The molecule has 2 amide bonds. The second-order valence-corrected chi connectivity index (χ2v) is 10.9. The predicted molar refractivity (Wildman–Crippen MR) is 141 cm³/mol. The number of benzene rings is 2. The zero-order valence-electron chi connectivity index (χ0n) is 21.7. The molecule has 194 valence electrons. The van der Waals surface area contributed by atoms with E-state index in [1.165, 1.54) is 30.5 Å². The Labute approximate surface area is 215 Å². The third-order valence-electron chi connectivity index (χ3n) is 7.71. The number of unbranched alkanes of at least 4 members (excludes halogenated alkanes) is 2. The highest BCUT2D eigenvalue weighted by Gasteiger charge is 2.53. The quantitative estimate of drug-likeness (QED) is 0.477. The zero-order chi connectivity index (χ0) is 25.5. The van der Waals surface area contributed by atoms with Crippen molar-refractivity contribution in [2.75, 3.05) is 19.6 Å². The van der Waals surface area contributed by atoms with Crippen molar-refractivity contribution in [1.29, 1.82) is 0 Å². The van der Waals surface area contributed by atoms with Gasteiger partial charge in [-0.3, -0.25) is 9.59 Å². The molecule has 36 heavy (non-hydrogen) atoms. The molecule has 1 N–H and O–H groups in total. The van der Waals surface area contributed by atoms with Crippen molar-refractivity contribution in [3.8, 4) is 0 Å². The molecule has 0 radical (unpaired) electrons. The summed E-state index contributed by atoms with van der Waals surface area (Å²) in [6.45, 7) is 6.96. The lowest BCUT2D eigenvalue weighted by molar-refractivity contribution is -0.162. The summed E-state index contributed by atoms with van der Waals surface area (Å²) in [5.74, 6) is -0.127. The smallest absolute Gasteiger partial charge is 0.246 e. The molecule has 4 rings (SSSR count). The number of carbonyl (C=O) groups excluding carboxylic acids is 2. The normalized spacial score (nSPS) is 20.2. The van der Waals surface area contributed by atoms with Gasteiger partial charge in [0.05, 0.1) is 0 Å². The average molecular weight is 494 g/mol. The molecule has 0 aliphatic carbocycles. The summed E-state index contributed by atoms with van der Waals surface area (Å²) in [4.78, 5) is 31.3. The predicted octanol–water partition coefficient (Wildman–Crippen LogP) is 4.95. The number of piperidine rings is 1. The fraction of sp³-hybridized carbons (Fsp3) is 0.533. The van der Waals surface area contributed by atoms with Crippen molar-refractivity contribution in [3.05, 3.63) is 71.5 Å². The number of nitrogens with zero attached hydrogens (tertiary/aromatic N) is 2. The van der Waals surface area contributed by atoms with Crippen LogP contribution < -0.4 is 5.32 Å². The Bertz CT molecular complexity index is 1020. The lowest BCUT2D eigenvalue weighted by Crippen LogP contribution is -2.72. The molecule has 1 spiro atoms. The van der Waals surface area contributed by atoms with Gasteiger partial charge in [0.15, 0.2) is 0 Å². The van der Waals surface area contributed by atoms with Crippen molar-refractivity contribution < 1.29 is 14.0 Å². The van der Waals surface area contributed by atoms with Crippen LogP contribution in [0.3, 0.4) is 0 Å². The average Bonchev–Trinajstić information content (AvgIpc) is 2.86. The van der Waals surface area contributed by atoms with Gasteiger partial charge in [0.25, 0.3) is 0 Å². The molecule has 0 saturated carbocycles. The molecule has 2 fully saturated rings. The Kier molecular flexibility index (Phi) is 8.78. The SMILES string of the molecule is CC(C)C[C@@H]1NC(=O)C2(CCN(CCCCCc3ccccc3)CC2)N(Cc2cccc(F)c2)C1=O.